The van der Waals surface area contributed by atoms with Gasteiger partial charge in [-0.2, -0.15) is 0 Å². The van der Waals surface area contributed by atoms with Gasteiger partial charge in [0.2, 0.25) is 5.91 Å². The number of benzene rings is 3. The summed E-state index contributed by atoms with van der Waals surface area (Å²) in [7, 11) is 0. The Bertz CT molecular complexity index is 1310. The Morgan fingerprint density at radius 2 is 1.57 bits per heavy atom. The van der Waals surface area contributed by atoms with E-state index in [0.29, 0.717) is 13.1 Å². The average molecular weight is 544 g/mol. The smallest absolute Gasteiger partial charge is 0.226 e. The number of aromatic nitrogens is 2. The Morgan fingerprint density at radius 3 is 2.35 bits per heavy atom. The Balaban J connectivity index is 0.000000646. The van der Waals surface area contributed by atoms with Crippen molar-refractivity contribution >= 4 is 16.7 Å². The first-order valence-electron chi connectivity index (χ1n) is 15.3. The highest BCUT2D eigenvalue weighted by atomic mass is 16.5. The highest BCUT2D eigenvalue weighted by Crippen LogP contribution is 2.33. The van der Waals surface area contributed by atoms with Crippen LogP contribution in [0.25, 0.3) is 10.8 Å². The van der Waals surface area contributed by atoms with Gasteiger partial charge in [0.15, 0.2) is 0 Å². The van der Waals surface area contributed by atoms with Gasteiger partial charge >= 0.3 is 0 Å². The molecule has 0 aliphatic carbocycles. The van der Waals surface area contributed by atoms with Crippen molar-refractivity contribution in [1.82, 2.24) is 14.5 Å². The normalized spacial score (nSPS) is 15.3. The second kappa shape index (κ2) is 17.2. The van der Waals surface area contributed by atoms with Crippen LogP contribution in [0.1, 0.15) is 85.1 Å². The summed E-state index contributed by atoms with van der Waals surface area (Å²) in [6.45, 7) is 18.1. The van der Waals surface area contributed by atoms with E-state index in [1.807, 2.05) is 97.1 Å². The second-order valence-electron chi connectivity index (χ2n) is 8.88. The average Bonchev–Trinajstić information content (AvgIpc) is 3.45. The third kappa shape index (κ3) is 7.97. The Kier molecular flexibility index (Phi) is 14.0. The molecule has 6 rings (SSSR count). The summed E-state index contributed by atoms with van der Waals surface area (Å²) < 4.78 is 8.49. The Labute approximate surface area is 242 Å². The van der Waals surface area contributed by atoms with Crippen LogP contribution in [0.4, 0.5) is 0 Å². The highest BCUT2D eigenvalue weighted by molar-refractivity contribution is 5.89. The lowest BCUT2D eigenvalue weighted by molar-refractivity contribution is -0.139. The predicted octanol–water partition coefficient (Wildman–Crippen LogP) is 9.28. The summed E-state index contributed by atoms with van der Waals surface area (Å²) in [6, 6.07) is 20.8. The molecular weight excluding hydrogens is 494 g/mol. The van der Waals surface area contributed by atoms with Crippen LogP contribution in [-0.4, -0.2) is 26.9 Å². The second-order valence-corrected chi connectivity index (χ2v) is 8.88. The molecule has 0 radical (unpaired) electrons. The zero-order chi connectivity index (χ0) is 29.5. The topological polar surface area (TPSA) is 47.4 Å². The van der Waals surface area contributed by atoms with Crippen molar-refractivity contribution in [3.8, 4) is 11.5 Å². The van der Waals surface area contributed by atoms with Crippen LogP contribution in [0.3, 0.4) is 0 Å². The molecule has 40 heavy (non-hydrogen) atoms. The van der Waals surface area contributed by atoms with Crippen LogP contribution in [0.15, 0.2) is 73.2 Å². The molecule has 1 atom stereocenters. The molecule has 4 aromatic rings. The van der Waals surface area contributed by atoms with Crippen molar-refractivity contribution in [2.45, 2.75) is 87.7 Å². The molecular formula is C35H49N3O2. The van der Waals surface area contributed by atoms with Crippen LogP contribution in [0, 0.1) is 5.92 Å². The van der Waals surface area contributed by atoms with Crippen LogP contribution >= 0.6 is 0 Å². The molecule has 5 nitrogen and oxygen atoms in total. The molecule has 2 aliphatic rings. The van der Waals surface area contributed by atoms with Gasteiger partial charge < -0.3 is 14.2 Å². The Morgan fingerprint density at radius 1 is 0.825 bits per heavy atom. The summed E-state index contributed by atoms with van der Waals surface area (Å²) in [5.41, 5.74) is 3.38. The molecule has 2 aliphatic heterocycles. The van der Waals surface area contributed by atoms with Gasteiger partial charge in [-0.25, -0.2) is 4.98 Å². The fourth-order valence-corrected chi connectivity index (χ4v) is 5.01. The number of nitrogens with zero attached hydrogens (tertiary/aromatic N) is 3. The van der Waals surface area contributed by atoms with Gasteiger partial charge in [0, 0.05) is 30.6 Å². The van der Waals surface area contributed by atoms with E-state index < -0.39 is 0 Å². The predicted molar refractivity (Wildman–Crippen MR) is 169 cm³/mol. The van der Waals surface area contributed by atoms with E-state index in [1.54, 1.807) is 0 Å². The van der Waals surface area contributed by atoms with E-state index in [1.165, 1.54) is 5.56 Å². The summed E-state index contributed by atoms with van der Waals surface area (Å²) in [6.07, 6.45) is 6.46. The van der Waals surface area contributed by atoms with Crippen molar-refractivity contribution in [3.05, 3.63) is 90.0 Å². The lowest BCUT2D eigenvalue weighted by Crippen LogP contribution is -2.41. The number of amides is 1. The zero-order valence-corrected chi connectivity index (χ0v) is 25.9. The number of carbonyl (C=O) groups excluding carboxylic acids is 1. The molecule has 5 heteroatoms. The first kappa shape index (κ1) is 32.6. The third-order valence-electron chi connectivity index (χ3n) is 6.66. The molecule has 1 fully saturated rings. The first-order chi connectivity index (χ1) is 19.7. The number of hydrogen-bond acceptors (Lipinski definition) is 3. The van der Waals surface area contributed by atoms with Crippen LogP contribution < -0.4 is 4.74 Å². The molecule has 216 valence electrons. The number of rotatable bonds is 0. The van der Waals surface area contributed by atoms with E-state index in [9.17, 15) is 4.79 Å². The molecule has 3 aromatic carbocycles. The molecule has 0 spiro atoms. The van der Waals surface area contributed by atoms with Gasteiger partial charge in [0.25, 0.3) is 0 Å². The van der Waals surface area contributed by atoms with Crippen molar-refractivity contribution in [2.24, 2.45) is 5.92 Å². The number of piperidine rings is 1. The molecule has 6 bridgehead atoms. The lowest BCUT2D eigenvalue weighted by Gasteiger charge is -2.32. The first-order valence-corrected chi connectivity index (χ1v) is 15.3. The summed E-state index contributed by atoms with van der Waals surface area (Å²) in [4.78, 5) is 19.7. The van der Waals surface area contributed by atoms with Gasteiger partial charge in [0.1, 0.15) is 11.5 Å². The highest BCUT2D eigenvalue weighted by Gasteiger charge is 2.29. The maximum Gasteiger partial charge on any atom is 0.226 e. The summed E-state index contributed by atoms with van der Waals surface area (Å²) >= 11 is 0. The molecule has 0 N–H and O–H groups in total. The number of imidazole rings is 1. The fraction of sp³-hybridized carbons (Fsp3) is 0.429. The van der Waals surface area contributed by atoms with E-state index in [0.717, 1.165) is 59.3 Å². The van der Waals surface area contributed by atoms with Crippen LogP contribution in [0.2, 0.25) is 0 Å². The number of carbonyl (C=O) groups is 1. The lowest BCUT2D eigenvalue weighted by atomic mass is 9.89. The monoisotopic (exact) mass is 543 g/mol. The van der Waals surface area contributed by atoms with Gasteiger partial charge in [-0.05, 0) is 60.0 Å². The van der Waals surface area contributed by atoms with Crippen molar-refractivity contribution in [2.75, 3.05) is 6.54 Å². The zero-order valence-electron chi connectivity index (χ0n) is 25.9. The van der Waals surface area contributed by atoms with Crippen molar-refractivity contribution in [3.63, 3.8) is 0 Å². The largest absolute Gasteiger partial charge is 0.457 e. The standard InChI is InChI=1S/C27H25N3O2.4C2H6/c31-27-22-6-3-11-29(27)17-23-15-28-18-30(23)16-20-4-1-7-24(13-20)32-26-8-2-5-21-10-9-19(12-22)14-25(21)26;4*1-2/h1-2,4-5,7-10,13-15,18,22H,3,6,11-12,16-17H2;4*1-2H3. The molecule has 1 unspecified atom stereocenters. The number of ether oxygens (including phenoxy) is 1. The molecule has 1 saturated heterocycles. The summed E-state index contributed by atoms with van der Waals surface area (Å²) in [5, 5.41) is 2.22. The van der Waals surface area contributed by atoms with Crippen LogP contribution in [0.5, 0.6) is 11.5 Å². The van der Waals surface area contributed by atoms with Crippen molar-refractivity contribution in [1.29, 1.82) is 0 Å². The minimum absolute atomic E-state index is 0.0197. The van der Waals surface area contributed by atoms with E-state index in [-0.39, 0.29) is 11.8 Å². The molecule has 3 heterocycles. The van der Waals surface area contributed by atoms with Gasteiger partial charge in [0.05, 0.1) is 18.6 Å². The minimum atomic E-state index is 0.0197. The molecule has 0 saturated carbocycles. The Hall–Kier alpha value is -3.60. The molecule has 1 aromatic heterocycles. The van der Waals surface area contributed by atoms with Crippen molar-refractivity contribution < 1.29 is 9.53 Å². The number of fused-ring (bicyclic) bond motifs is 6. The SMILES string of the molecule is CC.CC.CC.CC.O=C1C2CCCN1Cc1cncn1Cc1cccc(c1)Oc1cccc3ccc(cc13)C2. The van der Waals surface area contributed by atoms with E-state index >= 15 is 0 Å². The maximum atomic E-state index is 13.3. The van der Waals surface area contributed by atoms with Gasteiger partial charge in [-0.3, -0.25) is 4.79 Å². The van der Waals surface area contributed by atoms with Gasteiger partial charge in [-0.15, -0.1) is 0 Å². The quantitative estimate of drug-likeness (QED) is 0.222. The van der Waals surface area contributed by atoms with Gasteiger partial charge in [-0.1, -0.05) is 91.8 Å². The minimum Gasteiger partial charge on any atom is -0.457 e. The van der Waals surface area contributed by atoms with E-state index in [4.69, 9.17) is 4.74 Å². The van der Waals surface area contributed by atoms with Crippen LogP contribution in [-0.2, 0) is 24.3 Å². The molecule has 1 amide bonds. The maximum absolute atomic E-state index is 13.3. The number of hydrogen-bond donors (Lipinski definition) is 0. The fourth-order valence-electron chi connectivity index (χ4n) is 5.01. The summed E-state index contributed by atoms with van der Waals surface area (Å²) in [5.74, 6) is 1.94. The third-order valence-corrected chi connectivity index (χ3v) is 6.66. The van der Waals surface area contributed by atoms with E-state index in [2.05, 4.69) is 45.9 Å².